The molecule has 124 valence electrons. The van der Waals surface area contributed by atoms with Crippen molar-refractivity contribution in [2.75, 3.05) is 5.32 Å². The third kappa shape index (κ3) is 2.63. The summed E-state index contributed by atoms with van der Waals surface area (Å²) in [6.45, 7) is 0. The van der Waals surface area contributed by atoms with Crippen molar-refractivity contribution in [2.24, 2.45) is 14.1 Å². The Morgan fingerprint density at radius 3 is 2.58 bits per heavy atom. The van der Waals surface area contributed by atoms with E-state index in [0.29, 0.717) is 4.83 Å². The Morgan fingerprint density at radius 1 is 1.21 bits per heavy atom. The number of benzene rings is 1. The molecule has 9 heteroatoms. The van der Waals surface area contributed by atoms with Crippen LogP contribution in [0.2, 0.25) is 5.02 Å². The fourth-order valence-electron chi connectivity index (χ4n) is 2.25. The normalized spacial score (nSPS) is 11.0. The summed E-state index contributed by atoms with van der Waals surface area (Å²) in [6, 6.07) is 5.03. The number of amides is 1. The van der Waals surface area contributed by atoms with Gasteiger partial charge in [0.1, 0.15) is 10.6 Å². The lowest BCUT2D eigenvalue weighted by Gasteiger charge is -2.05. The fourth-order valence-corrected chi connectivity index (χ4v) is 3.46. The maximum absolute atomic E-state index is 13.0. The molecule has 3 aromatic rings. The van der Waals surface area contributed by atoms with Crippen molar-refractivity contribution in [1.82, 2.24) is 9.13 Å². The van der Waals surface area contributed by atoms with Gasteiger partial charge in [-0.25, -0.2) is 9.18 Å². The van der Waals surface area contributed by atoms with E-state index in [1.54, 1.807) is 0 Å². The molecule has 1 amide bonds. The van der Waals surface area contributed by atoms with Gasteiger partial charge in [-0.1, -0.05) is 11.6 Å². The zero-order valence-corrected chi connectivity index (χ0v) is 14.2. The number of rotatable bonds is 2. The quantitative estimate of drug-likeness (QED) is 0.755. The van der Waals surface area contributed by atoms with Crippen molar-refractivity contribution in [3.63, 3.8) is 0 Å². The molecule has 0 fully saturated rings. The molecule has 0 saturated heterocycles. The third-order valence-corrected chi connectivity index (χ3v) is 5.05. The van der Waals surface area contributed by atoms with Gasteiger partial charge >= 0.3 is 5.69 Å². The van der Waals surface area contributed by atoms with E-state index in [1.807, 2.05) is 0 Å². The first-order chi connectivity index (χ1) is 11.3. The highest BCUT2D eigenvalue weighted by Crippen LogP contribution is 2.26. The number of carbonyl (C=O) groups excluding carboxylic acids is 1. The molecule has 1 N–H and O–H groups in total. The van der Waals surface area contributed by atoms with Gasteiger partial charge in [-0.3, -0.25) is 18.7 Å². The summed E-state index contributed by atoms with van der Waals surface area (Å²) in [5.41, 5.74) is -0.687. The summed E-state index contributed by atoms with van der Waals surface area (Å²) >= 11 is 6.90. The Morgan fingerprint density at radius 2 is 1.92 bits per heavy atom. The highest BCUT2D eigenvalue weighted by molar-refractivity contribution is 7.20. The van der Waals surface area contributed by atoms with E-state index >= 15 is 0 Å². The molecular weight excluding hydrogens is 357 g/mol. The minimum Gasteiger partial charge on any atom is -0.320 e. The van der Waals surface area contributed by atoms with Crippen molar-refractivity contribution < 1.29 is 9.18 Å². The smallest absolute Gasteiger partial charge is 0.320 e. The monoisotopic (exact) mass is 367 g/mol. The SMILES string of the molecule is Cn1c(=O)c2cc(C(=O)Nc3ccc(F)cc3Cl)sc2n(C)c1=O. The number of nitrogens with zero attached hydrogens (tertiary/aromatic N) is 2. The minimum atomic E-state index is -0.515. The Labute approximate surface area is 143 Å². The van der Waals surface area contributed by atoms with E-state index in [2.05, 4.69) is 5.32 Å². The molecule has 0 aliphatic rings. The van der Waals surface area contributed by atoms with Gasteiger partial charge in [-0.05, 0) is 24.3 Å². The Bertz CT molecular complexity index is 1100. The van der Waals surface area contributed by atoms with E-state index < -0.39 is 23.0 Å². The van der Waals surface area contributed by atoms with Crippen LogP contribution >= 0.6 is 22.9 Å². The number of hydrogen-bond donors (Lipinski definition) is 1. The molecule has 2 heterocycles. The van der Waals surface area contributed by atoms with Crippen LogP contribution in [0.25, 0.3) is 10.2 Å². The zero-order chi connectivity index (χ0) is 17.6. The summed E-state index contributed by atoms with van der Waals surface area (Å²) in [7, 11) is 2.90. The number of carbonyl (C=O) groups is 1. The second kappa shape index (κ2) is 5.88. The molecule has 0 radical (unpaired) electrons. The molecule has 2 aromatic heterocycles. The molecule has 0 unspecified atom stereocenters. The second-order valence-electron chi connectivity index (χ2n) is 5.11. The van der Waals surface area contributed by atoms with Gasteiger partial charge < -0.3 is 5.32 Å². The van der Waals surface area contributed by atoms with Gasteiger partial charge in [0, 0.05) is 14.1 Å². The largest absolute Gasteiger partial charge is 0.331 e. The number of halogens is 2. The molecule has 0 bridgehead atoms. The van der Waals surface area contributed by atoms with Crippen molar-refractivity contribution in [2.45, 2.75) is 0 Å². The lowest BCUT2D eigenvalue weighted by atomic mass is 10.3. The van der Waals surface area contributed by atoms with Crippen LogP contribution in [0.1, 0.15) is 9.67 Å². The zero-order valence-electron chi connectivity index (χ0n) is 12.6. The van der Waals surface area contributed by atoms with Gasteiger partial charge in [0.15, 0.2) is 0 Å². The third-order valence-electron chi connectivity index (χ3n) is 3.53. The van der Waals surface area contributed by atoms with Crippen LogP contribution in [0.4, 0.5) is 10.1 Å². The standard InChI is InChI=1S/C15H11ClFN3O3S/c1-19-13(22)8-6-11(24-14(8)20(2)15(19)23)12(21)18-10-4-3-7(17)5-9(10)16/h3-6H,1-2H3,(H,18,21). The molecule has 0 aliphatic heterocycles. The van der Waals surface area contributed by atoms with E-state index in [0.717, 1.165) is 22.0 Å². The van der Waals surface area contributed by atoms with Crippen molar-refractivity contribution in [1.29, 1.82) is 0 Å². The van der Waals surface area contributed by atoms with Gasteiger partial charge in [-0.15, -0.1) is 11.3 Å². The first-order valence-corrected chi connectivity index (χ1v) is 7.95. The van der Waals surface area contributed by atoms with Crippen molar-refractivity contribution in [3.8, 4) is 0 Å². The lowest BCUT2D eigenvalue weighted by Crippen LogP contribution is -2.36. The Hall–Kier alpha value is -2.45. The van der Waals surface area contributed by atoms with Crippen LogP contribution in [0, 0.1) is 5.82 Å². The topological polar surface area (TPSA) is 73.1 Å². The summed E-state index contributed by atoms with van der Waals surface area (Å²) in [5, 5.41) is 2.90. The second-order valence-corrected chi connectivity index (χ2v) is 6.55. The molecule has 0 saturated carbocycles. The van der Waals surface area contributed by atoms with Crippen molar-refractivity contribution >= 4 is 44.7 Å². The maximum Gasteiger partial charge on any atom is 0.331 e. The Kier molecular flexibility index (Phi) is 4.02. The van der Waals surface area contributed by atoms with E-state index in [1.165, 1.54) is 36.9 Å². The van der Waals surface area contributed by atoms with Gasteiger partial charge in [0.2, 0.25) is 0 Å². The lowest BCUT2D eigenvalue weighted by molar-refractivity contribution is 0.103. The van der Waals surface area contributed by atoms with Crippen LogP contribution in [0.5, 0.6) is 0 Å². The summed E-state index contributed by atoms with van der Waals surface area (Å²) in [6.07, 6.45) is 0. The molecule has 0 aliphatic carbocycles. The summed E-state index contributed by atoms with van der Waals surface area (Å²) in [5.74, 6) is -1.02. The minimum absolute atomic E-state index is 0.0628. The van der Waals surface area contributed by atoms with Crippen LogP contribution < -0.4 is 16.6 Å². The molecule has 6 nitrogen and oxygen atoms in total. The predicted molar refractivity (Wildman–Crippen MR) is 91.7 cm³/mol. The molecule has 1 aromatic carbocycles. The molecule has 3 rings (SSSR count). The van der Waals surface area contributed by atoms with E-state index in [4.69, 9.17) is 11.6 Å². The van der Waals surface area contributed by atoms with Crippen LogP contribution in [-0.4, -0.2) is 15.0 Å². The Balaban J connectivity index is 2.05. The first-order valence-electron chi connectivity index (χ1n) is 6.75. The highest BCUT2D eigenvalue weighted by atomic mass is 35.5. The number of hydrogen-bond acceptors (Lipinski definition) is 4. The number of anilines is 1. The summed E-state index contributed by atoms with van der Waals surface area (Å²) < 4.78 is 15.3. The average Bonchev–Trinajstić information content (AvgIpc) is 2.99. The highest BCUT2D eigenvalue weighted by Gasteiger charge is 2.17. The summed E-state index contributed by atoms with van der Waals surface area (Å²) in [4.78, 5) is 37.1. The number of aromatic nitrogens is 2. The number of nitrogens with one attached hydrogen (secondary N) is 1. The van der Waals surface area contributed by atoms with E-state index in [-0.39, 0.29) is 21.0 Å². The average molecular weight is 368 g/mol. The predicted octanol–water partition coefficient (Wildman–Crippen LogP) is 2.34. The fraction of sp³-hybridized carbons (Fsp3) is 0.133. The number of thiophene rings is 1. The van der Waals surface area contributed by atoms with Crippen LogP contribution in [-0.2, 0) is 14.1 Å². The van der Waals surface area contributed by atoms with Gasteiger partial charge in [0.25, 0.3) is 11.5 Å². The van der Waals surface area contributed by atoms with Crippen LogP contribution in [0.3, 0.4) is 0 Å². The van der Waals surface area contributed by atoms with Gasteiger partial charge in [0.05, 0.1) is 21.0 Å². The molecule has 0 spiro atoms. The molecule has 24 heavy (non-hydrogen) atoms. The van der Waals surface area contributed by atoms with Crippen LogP contribution in [0.15, 0.2) is 33.9 Å². The van der Waals surface area contributed by atoms with Crippen molar-refractivity contribution in [3.05, 3.63) is 60.8 Å². The number of fused-ring (bicyclic) bond motifs is 1. The molecule has 0 atom stereocenters. The first kappa shape index (κ1) is 16.4. The molecular formula is C15H11ClFN3O3S. The van der Waals surface area contributed by atoms with E-state index in [9.17, 15) is 18.8 Å². The number of aryl methyl sites for hydroxylation is 1. The van der Waals surface area contributed by atoms with Gasteiger partial charge in [-0.2, -0.15) is 0 Å². The maximum atomic E-state index is 13.0.